The van der Waals surface area contributed by atoms with Crippen LogP contribution in [-0.2, 0) is 6.54 Å². The van der Waals surface area contributed by atoms with E-state index in [4.69, 9.17) is 5.73 Å². The minimum absolute atomic E-state index is 0.473. The molecule has 0 bridgehead atoms. The minimum Gasteiger partial charge on any atom is -0.329 e. The third-order valence-electron chi connectivity index (χ3n) is 3.69. The molecule has 1 fully saturated rings. The van der Waals surface area contributed by atoms with Crippen molar-refractivity contribution in [1.82, 2.24) is 14.8 Å². The van der Waals surface area contributed by atoms with Crippen LogP contribution in [0.1, 0.15) is 12.5 Å². The molecule has 1 aliphatic heterocycles. The van der Waals surface area contributed by atoms with Gasteiger partial charge in [0.1, 0.15) is 0 Å². The number of rotatable bonds is 3. The predicted octanol–water partition coefficient (Wildman–Crippen LogP) is 0.545. The van der Waals surface area contributed by atoms with Crippen LogP contribution in [0.15, 0.2) is 24.5 Å². The molecule has 2 N–H and O–H groups in total. The summed E-state index contributed by atoms with van der Waals surface area (Å²) in [5.41, 5.74) is 7.16. The lowest BCUT2D eigenvalue weighted by Gasteiger charge is -2.43. The van der Waals surface area contributed by atoms with E-state index in [2.05, 4.69) is 40.9 Å². The normalized spacial score (nSPS) is 27.2. The van der Waals surface area contributed by atoms with Crippen molar-refractivity contribution in [3.8, 4) is 0 Å². The van der Waals surface area contributed by atoms with E-state index in [0.29, 0.717) is 12.1 Å². The van der Waals surface area contributed by atoms with E-state index in [1.54, 1.807) is 0 Å². The summed E-state index contributed by atoms with van der Waals surface area (Å²) in [6, 6.07) is 5.21. The Labute approximate surface area is 103 Å². The number of piperazine rings is 1. The first-order valence-electron chi connectivity index (χ1n) is 6.24. The highest BCUT2D eigenvalue weighted by Gasteiger charge is 2.28. The number of nitrogens with two attached hydrogens (primary N) is 1. The first kappa shape index (κ1) is 12.5. The van der Waals surface area contributed by atoms with E-state index in [1.165, 1.54) is 5.56 Å². The highest BCUT2D eigenvalue weighted by atomic mass is 15.3. The van der Waals surface area contributed by atoms with Gasteiger partial charge in [-0.15, -0.1) is 0 Å². The van der Waals surface area contributed by atoms with Crippen molar-refractivity contribution in [3.63, 3.8) is 0 Å². The van der Waals surface area contributed by atoms with Crippen molar-refractivity contribution in [2.75, 3.05) is 26.7 Å². The summed E-state index contributed by atoms with van der Waals surface area (Å²) in [5, 5.41) is 0. The smallest absolute Gasteiger partial charge is 0.0346 e. The summed E-state index contributed by atoms with van der Waals surface area (Å²) in [7, 11) is 2.17. The maximum Gasteiger partial charge on any atom is 0.0346 e. The summed E-state index contributed by atoms with van der Waals surface area (Å²) in [6.07, 6.45) is 3.71. The molecule has 1 aromatic heterocycles. The predicted molar refractivity (Wildman–Crippen MR) is 69.6 cm³/mol. The van der Waals surface area contributed by atoms with Crippen molar-refractivity contribution < 1.29 is 0 Å². The van der Waals surface area contributed by atoms with Gasteiger partial charge in [-0.1, -0.05) is 0 Å². The first-order chi connectivity index (χ1) is 8.20. The molecule has 2 rings (SSSR count). The molecular weight excluding hydrogens is 212 g/mol. The van der Waals surface area contributed by atoms with Gasteiger partial charge in [-0.05, 0) is 31.7 Å². The van der Waals surface area contributed by atoms with Crippen LogP contribution in [0.25, 0.3) is 0 Å². The molecular formula is C13H22N4. The molecule has 1 aromatic rings. The van der Waals surface area contributed by atoms with E-state index in [9.17, 15) is 0 Å². The van der Waals surface area contributed by atoms with Gasteiger partial charge < -0.3 is 5.73 Å². The molecule has 0 radical (unpaired) electrons. The average Bonchev–Trinajstić information content (AvgIpc) is 2.35. The van der Waals surface area contributed by atoms with Gasteiger partial charge >= 0.3 is 0 Å². The fourth-order valence-electron chi connectivity index (χ4n) is 2.48. The van der Waals surface area contributed by atoms with E-state index in [1.807, 2.05) is 12.4 Å². The van der Waals surface area contributed by atoms with Crippen LogP contribution < -0.4 is 5.73 Å². The topological polar surface area (TPSA) is 45.4 Å². The van der Waals surface area contributed by atoms with Gasteiger partial charge in [-0.3, -0.25) is 14.8 Å². The van der Waals surface area contributed by atoms with Crippen LogP contribution in [0.3, 0.4) is 0 Å². The largest absolute Gasteiger partial charge is 0.329 e. The number of hydrogen-bond acceptors (Lipinski definition) is 4. The number of likely N-dealkylation sites (N-methyl/N-ethyl adjacent to an activating group) is 1. The highest BCUT2D eigenvalue weighted by molar-refractivity contribution is 5.09. The molecule has 0 amide bonds. The second-order valence-electron chi connectivity index (χ2n) is 4.95. The molecule has 0 aliphatic carbocycles. The monoisotopic (exact) mass is 234 g/mol. The van der Waals surface area contributed by atoms with Crippen LogP contribution >= 0.6 is 0 Å². The van der Waals surface area contributed by atoms with E-state index in [-0.39, 0.29) is 0 Å². The van der Waals surface area contributed by atoms with Gasteiger partial charge in [0.05, 0.1) is 0 Å². The second kappa shape index (κ2) is 5.58. The molecule has 0 spiro atoms. The van der Waals surface area contributed by atoms with Crippen LogP contribution in [0, 0.1) is 0 Å². The Morgan fingerprint density at radius 3 is 2.71 bits per heavy atom. The SMILES string of the molecule is CC1CN(Cc2ccncc2)CC(CN)N1C. The fourth-order valence-corrected chi connectivity index (χ4v) is 2.48. The molecule has 0 aromatic carbocycles. The molecule has 1 aliphatic rings. The summed E-state index contributed by atoms with van der Waals surface area (Å²) in [4.78, 5) is 8.93. The zero-order valence-corrected chi connectivity index (χ0v) is 10.7. The summed E-state index contributed by atoms with van der Waals surface area (Å²) in [6.45, 7) is 6.15. The minimum atomic E-state index is 0.473. The maximum atomic E-state index is 5.83. The van der Waals surface area contributed by atoms with Crippen molar-refractivity contribution in [3.05, 3.63) is 30.1 Å². The van der Waals surface area contributed by atoms with Gasteiger partial charge in [0, 0.05) is 50.7 Å². The van der Waals surface area contributed by atoms with E-state index < -0.39 is 0 Å². The molecule has 94 valence electrons. The maximum absolute atomic E-state index is 5.83. The quantitative estimate of drug-likeness (QED) is 0.829. The van der Waals surface area contributed by atoms with Crippen LogP contribution in [0.5, 0.6) is 0 Å². The lowest BCUT2D eigenvalue weighted by atomic mass is 10.1. The van der Waals surface area contributed by atoms with Crippen molar-refractivity contribution in [1.29, 1.82) is 0 Å². The zero-order chi connectivity index (χ0) is 12.3. The molecule has 2 heterocycles. The summed E-state index contributed by atoms with van der Waals surface area (Å²) < 4.78 is 0. The number of hydrogen-bond donors (Lipinski definition) is 1. The fraction of sp³-hybridized carbons (Fsp3) is 0.615. The molecule has 0 saturated carbocycles. The number of pyridine rings is 1. The van der Waals surface area contributed by atoms with E-state index >= 15 is 0 Å². The van der Waals surface area contributed by atoms with Gasteiger partial charge in [-0.2, -0.15) is 0 Å². The molecule has 1 saturated heterocycles. The average molecular weight is 234 g/mol. The Balaban J connectivity index is 1.98. The molecule has 4 heteroatoms. The lowest BCUT2D eigenvalue weighted by molar-refractivity contribution is 0.0511. The van der Waals surface area contributed by atoms with Crippen molar-refractivity contribution in [2.24, 2.45) is 5.73 Å². The Kier molecular flexibility index (Phi) is 4.10. The second-order valence-corrected chi connectivity index (χ2v) is 4.95. The van der Waals surface area contributed by atoms with Gasteiger partial charge in [-0.25, -0.2) is 0 Å². The molecule has 2 unspecified atom stereocenters. The van der Waals surface area contributed by atoms with Gasteiger partial charge in [0.25, 0.3) is 0 Å². The Morgan fingerprint density at radius 2 is 2.06 bits per heavy atom. The van der Waals surface area contributed by atoms with Crippen molar-refractivity contribution in [2.45, 2.75) is 25.6 Å². The third-order valence-corrected chi connectivity index (χ3v) is 3.69. The van der Waals surface area contributed by atoms with Crippen LogP contribution in [-0.4, -0.2) is 53.5 Å². The Hall–Kier alpha value is -0.970. The van der Waals surface area contributed by atoms with Crippen LogP contribution in [0.4, 0.5) is 0 Å². The number of aromatic nitrogens is 1. The Bertz CT molecular complexity index is 341. The lowest BCUT2D eigenvalue weighted by Crippen LogP contribution is -2.58. The summed E-state index contributed by atoms with van der Waals surface area (Å²) >= 11 is 0. The van der Waals surface area contributed by atoms with E-state index in [0.717, 1.165) is 26.2 Å². The summed E-state index contributed by atoms with van der Waals surface area (Å²) in [5.74, 6) is 0. The Morgan fingerprint density at radius 1 is 1.35 bits per heavy atom. The first-order valence-corrected chi connectivity index (χ1v) is 6.24. The molecule has 2 atom stereocenters. The van der Waals surface area contributed by atoms with Crippen LogP contribution in [0.2, 0.25) is 0 Å². The molecule has 4 nitrogen and oxygen atoms in total. The highest BCUT2D eigenvalue weighted by Crippen LogP contribution is 2.15. The zero-order valence-electron chi connectivity index (χ0n) is 10.7. The molecule has 17 heavy (non-hydrogen) atoms. The van der Waals surface area contributed by atoms with Gasteiger partial charge in [0.15, 0.2) is 0 Å². The standard InChI is InChI=1S/C13H22N4/c1-11-8-17(10-13(7-14)16(11)2)9-12-3-5-15-6-4-12/h3-6,11,13H,7-10,14H2,1-2H3. The van der Waals surface area contributed by atoms with Crippen molar-refractivity contribution >= 4 is 0 Å². The number of nitrogens with zero attached hydrogens (tertiary/aromatic N) is 3. The van der Waals surface area contributed by atoms with Gasteiger partial charge in [0.2, 0.25) is 0 Å². The third kappa shape index (κ3) is 3.03.